The van der Waals surface area contributed by atoms with Gasteiger partial charge in [0.1, 0.15) is 18.3 Å². The highest BCUT2D eigenvalue weighted by atomic mass is 35.5. The van der Waals surface area contributed by atoms with Crippen LogP contribution in [0.3, 0.4) is 0 Å². The maximum Gasteiger partial charge on any atom is 0.447 e. The van der Waals surface area contributed by atoms with Gasteiger partial charge in [0.25, 0.3) is 10.0 Å². The molecule has 0 radical (unpaired) electrons. The van der Waals surface area contributed by atoms with Crippen molar-refractivity contribution in [2.75, 3.05) is 6.61 Å². The SMILES string of the molecule is CCCCCCCO[C@H]1O[C@H](C=NOC(=O)NS(=O)(=O)c2ccc(Cl)cc2)[C@@H]2OC(C)(C)O[C@H]12. The van der Waals surface area contributed by atoms with Crippen molar-refractivity contribution in [1.29, 1.82) is 0 Å². The molecule has 2 aliphatic rings. The summed E-state index contributed by atoms with van der Waals surface area (Å²) in [6.45, 7) is 6.25. The summed E-state index contributed by atoms with van der Waals surface area (Å²) in [6, 6.07) is 5.30. The Morgan fingerprint density at radius 3 is 2.53 bits per heavy atom. The van der Waals surface area contributed by atoms with Crippen LogP contribution in [-0.2, 0) is 33.8 Å². The van der Waals surface area contributed by atoms with E-state index in [1.165, 1.54) is 43.3 Å². The summed E-state index contributed by atoms with van der Waals surface area (Å²) in [4.78, 5) is 16.5. The number of carbonyl (C=O) groups is 1. The minimum absolute atomic E-state index is 0.145. The molecule has 0 unspecified atom stereocenters. The lowest BCUT2D eigenvalue weighted by molar-refractivity contribution is -0.225. The molecule has 4 atom stereocenters. The highest BCUT2D eigenvalue weighted by molar-refractivity contribution is 7.90. The molecule has 0 spiro atoms. The fraction of sp³-hybridized carbons (Fsp3) is 0.636. The van der Waals surface area contributed by atoms with Crippen LogP contribution in [0.5, 0.6) is 0 Å². The molecule has 1 aromatic rings. The Labute approximate surface area is 204 Å². The van der Waals surface area contributed by atoms with Gasteiger partial charge in [0, 0.05) is 11.6 Å². The molecule has 12 heteroatoms. The maximum atomic E-state index is 12.2. The molecule has 0 aromatic heterocycles. The van der Waals surface area contributed by atoms with E-state index >= 15 is 0 Å². The molecular formula is C22H31ClN2O8S. The van der Waals surface area contributed by atoms with Crippen molar-refractivity contribution in [2.45, 2.75) is 88.2 Å². The number of hydrogen-bond acceptors (Lipinski definition) is 9. The monoisotopic (exact) mass is 518 g/mol. The van der Waals surface area contributed by atoms with Crippen molar-refractivity contribution >= 4 is 33.9 Å². The van der Waals surface area contributed by atoms with Gasteiger partial charge in [-0.25, -0.2) is 17.9 Å². The van der Waals surface area contributed by atoms with Crippen molar-refractivity contribution in [2.24, 2.45) is 5.16 Å². The first-order valence-electron chi connectivity index (χ1n) is 11.3. The van der Waals surface area contributed by atoms with E-state index in [2.05, 4.69) is 16.9 Å². The number of halogens is 1. The summed E-state index contributed by atoms with van der Waals surface area (Å²) >= 11 is 5.75. The molecule has 0 saturated carbocycles. The summed E-state index contributed by atoms with van der Waals surface area (Å²) in [5.74, 6) is -0.834. The van der Waals surface area contributed by atoms with Crippen molar-refractivity contribution in [3.8, 4) is 0 Å². The van der Waals surface area contributed by atoms with Crippen LogP contribution in [0.25, 0.3) is 0 Å². The summed E-state index contributed by atoms with van der Waals surface area (Å²) in [5.41, 5.74) is 0. The number of nitrogens with one attached hydrogen (secondary N) is 1. The van der Waals surface area contributed by atoms with Crippen LogP contribution in [0, 0.1) is 0 Å². The zero-order valence-electron chi connectivity index (χ0n) is 19.4. The first-order chi connectivity index (χ1) is 16.1. The largest absolute Gasteiger partial charge is 0.447 e. The number of nitrogens with zero attached hydrogens (tertiary/aromatic N) is 1. The van der Waals surface area contributed by atoms with E-state index in [0.717, 1.165) is 19.3 Å². The second-order valence-corrected chi connectivity index (χ2v) is 10.6. The molecule has 0 aliphatic carbocycles. The number of oxime groups is 1. The van der Waals surface area contributed by atoms with Gasteiger partial charge in [0.05, 0.1) is 11.1 Å². The Morgan fingerprint density at radius 1 is 1.15 bits per heavy atom. The molecule has 34 heavy (non-hydrogen) atoms. The maximum absolute atomic E-state index is 12.2. The van der Waals surface area contributed by atoms with E-state index in [1.807, 2.05) is 0 Å². The average Bonchev–Trinajstić information content (AvgIpc) is 3.24. The molecule has 2 heterocycles. The molecule has 10 nitrogen and oxygen atoms in total. The lowest BCUT2D eigenvalue weighted by Crippen LogP contribution is -2.32. The number of hydrogen-bond donors (Lipinski definition) is 1. The number of benzene rings is 1. The average molecular weight is 519 g/mol. The molecule has 2 fully saturated rings. The summed E-state index contributed by atoms with van der Waals surface area (Å²) in [7, 11) is -4.14. The van der Waals surface area contributed by atoms with Crippen molar-refractivity contribution < 1.29 is 37.0 Å². The second-order valence-electron chi connectivity index (χ2n) is 8.51. The highest BCUT2D eigenvalue weighted by Crippen LogP contribution is 2.38. The second kappa shape index (κ2) is 11.8. The first kappa shape index (κ1) is 26.8. The Hall–Kier alpha value is -1.76. The third-order valence-electron chi connectivity index (χ3n) is 5.26. The zero-order valence-corrected chi connectivity index (χ0v) is 21.0. The van der Waals surface area contributed by atoms with Crippen molar-refractivity contribution in [3.05, 3.63) is 29.3 Å². The molecule has 2 aliphatic heterocycles. The standard InChI is InChI=1S/C22H31ClN2O8S/c1-4-5-6-7-8-13-29-20-19-18(31-22(2,3)32-19)17(30-20)14-24-33-21(26)25-34(27,28)16-11-9-15(23)10-12-16/h9-12,14,17-20H,4-8,13H2,1-3H3,(H,25,26)/t17-,18+,19+,20+/m1/s1. The number of fused-ring (bicyclic) bond motifs is 1. The third-order valence-corrected chi connectivity index (χ3v) is 6.84. The predicted molar refractivity (Wildman–Crippen MR) is 124 cm³/mol. The lowest BCUT2D eigenvalue weighted by Gasteiger charge is -2.23. The number of ether oxygens (including phenoxy) is 4. The van der Waals surface area contributed by atoms with E-state index in [4.69, 9.17) is 30.5 Å². The van der Waals surface area contributed by atoms with Crippen LogP contribution in [0.4, 0.5) is 4.79 Å². The molecule has 1 aromatic carbocycles. The summed E-state index contributed by atoms with van der Waals surface area (Å²) in [5, 5.41) is 3.94. The van der Waals surface area contributed by atoms with Crippen LogP contribution < -0.4 is 4.72 Å². The molecule has 1 amide bonds. The van der Waals surface area contributed by atoms with Crippen molar-refractivity contribution in [1.82, 2.24) is 4.72 Å². The quantitative estimate of drug-likeness (QED) is 0.202. The number of unbranched alkanes of at least 4 members (excludes halogenated alkanes) is 4. The van der Waals surface area contributed by atoms with E-state index < -0.39 is 46.5 Å². The Morgan fingerprint density at radius 2 is 1.82 bits per heavy atom. The van der Waals surface area contributed by atoms with Crippen LogP contribution in [0.2, 0.25) is 5.02 Å². The molecule has 0 bridgehead atoms. The predicted octanol–water partition coefficient (Wildman–Crippen LogP) is 3.97. The topological polar surface area (TPSA) is 122 Å². The minimum Gasteiger partial charge on any atom is -0.350 e. The van der Waals surface area contributed by atoms with Gasteiger partial charge in [0.15, 0.2) is 12.1 Å². The number of sulfonamides is 1. The van der Waals surface area contributed by atoms with Crippen molar-refractivity contribution in [3.63, 3.8) is 0 Å². The van der Waals surface area contributed by atoms with Gasteiger partial charge in [-0.15, -0.1) is 0 Å². The smallest absolute Gasteiger partial charge is 0.350 e. The molecular weight excluding hydrogens is 488 g/mol. The summed E-state index contributed by atoms with van der Waals surface area (Å²) in [6.07, 6.45) is 3.10. The third kappa shape index (κ3) is 7.37. The zero-order chi connectivity index (χ0) is 24.8. The van der Waals surface area contributed by atoms with Crippen LogP contribution in [0.1, 0.15) is 52.9 Å². The fourth-order valence-electron chi connectivity index (χ4n) is 3.69. The van der Waals surface area contributed by atoms with Crippen LogP contribution >= 0.6 is 11.6 Å². The number of rotatable bonds is 11. The van der Waals surface area contributed by atoms with E-state index in [-0.39, 0.29) is 4.90 Å². The van der Waals surface area contributed by atoms with Gasteiger partial charge in [-0.1, -0.05) is 49.4 Å². The molecule has 3 rings (SSSR count). The lowest BCUT2D eigenvalue weighted by atomic mass is 10.1. The van der Waals surface area contributed by atoms with Gasteiger partial charge in [0.2, 0.25) is 0 Å². The van der Waals surface area contributed by atoms with Crippen LogP contribution in [-0.4, -0.2) is 57.7 Å². The van der Waals surface area contributed by atoms with Gasteiger partial charge in [-0.3, -0.25) is 4.84 Å². The first-order valence-corrected chi connectivity index (χ1v) is 13.1. The van der Waals surface area contributed by atoms with Crippen LogP contribution in [0.15, 0.2) is 34.3 Å². The number of carbonyl (C=O) groups excluding carboxylic acids is 1. The molecule has 2 saturated heterocycles. The Balaban J connectivity index is 1.52. The summed E-state index contributed by atoms with van der Waals surface area (Å²) < 4.78 is 49.8. The highest BCUT2D eigenvalue weighted by Gasteiger charge is 2.55. The molecule has 190 valence electrons. The molecule has 1 N–H and O–H groups in total. The van der Waals surface area contributed by atoms with Gasteiger partial charge >= 0.3 is 6.09 Å². The van der Waals surface area contributed by atoms with E-state index in [9.17, 15) is 13.2 Å². The fourth-order valence-corrected chi connectivity index (χ4v) is 4.68. The van der Waals surface area contributed by atoms with Gasteiger partial charge in [-0.2, -0.15) is 0 Å². The minimum atomic E-state index is -4.14. The van der Waals surface area contributed by atoms with Gasteiger partial charge < -0.3 is 18.9 Å². The number of amides is 1. The Bertz CT molecular complexity index is 954. The van der Waals surface area contributed by atoms with E-state index in [0.29, 0.717) is 11.6 Å². The normalized spacial score (nSPS) is 26.0. The van der Waals surface area contributed by atoms with Gasteiger partial charge in [-0.05, 0) is 44.5 Å². The van der Waals surface area contributed by atoms with E-state index in [1.54, 1.807) is 18.6 Å². The Kier molecular flexibility index (Phi) is 9.30.